The fourth-order valence-electron chi connectivity index (χ4n) is 3.44. The monoisotopic (exact) mass is 389 g/mol. The predicted octanol–water partition coefficient (Wildman–Crippen LogP) is 3.07. The van der Waals surface area contributed by atoms with Crippen LogP contribution in [-0.2, 0) is 16.9 Å². The molecule has 0 unspecified atom stereocenters. The zero-order chi connectivity index (χ0) is 18.3. The molecule has 1 N–H and O–H groups in total. The molecule has 0 amide bonds. The Balaban J connectivity index is 1.86. The number of aromatic nitrogens is 1. The molecular formula is C19H20ClN3O2S. The Morgan fingerprint density at radius 1 is 1.08 bits per heavy atom. The van der Waals surface area contributed by atoms with Gasteiger partial charge in [0.2, 0.25) is 9.84 Å². The predicted molar refractivity (Wildman–Crippen MR) is 105 cm³/mol. The van der Waals surface area contributed by atoms with Gasteiger partial charge in [0.05, 0.1) is 9.79 Å². The molecule has 0 spiro atoms. The van der Waals surface area contributed by atoms with E-state index in [9.17, 15) is 8.42 Å². The second-order valence-corrected chi connectivity index (χ2v) is 8.86. The van der Waals surface area contributed by atoms with Gasteiger partial charge in [-0.05, 0) is 36.4 Å². The molecule has 3 aromatic rings. The Morgan fingerprint density at radius 3 is 2.58 bits per heavy atom. The molecule has 7 heteroatoms. The highest BCUT2D eigenvalue weighted by atomic mass is 35.5. The number of aryl methyl sites for hydroxylation is 1. The van der Waals surface area contributed by atoms with Crippen molar-refractivity contribution in [2.45, 2.75) is 9.79 Å². The largest absolute Gasteiger partial charge is 0.369 e. The van der Waals surface area contributed by atoms with Crippen LogP contribution in [0.3, 0.4) is 0 Å². The SMILES string of the molecule is Cn1cc(S(=O)(=O)c2cccc(Cl)c2)c2cc(N3CCNCC3)ccc21. The van der Waals surface area contributed by atoms with Gasteiger partial charge in [-0.15, -0.1) is 0 Å². The van der Waals surface area contributed by atoms with Gasteiger partial charge >= 0.3 is 0 Å². The zero-order valence-corrected chi connectivity index (χ0v) is 16.0. The van der Waals surface area contributed by atoms with Crippen LogP contribution in [0, 0.1) is 0 Å². The summed E-state index contributed by atoms with van der Waals surface area (Å²) in [7, 11) is -1.79. The molecule has 0 bridgehead atoms. The van der Waals surface area contributed by atoms with Gasteiger partial charge in [0.1, 0.15) is 0 Å². The molecule has 2 aromatic carbocycles. The molecule has 4 rings (SSSR count). The van der Waals surface area contributed by atoms with E-state index in [1.54, 1.807) is 24.4 Å². The van der Waals surface area contributed by atoms with Crippen LogP contribution < -0.4 is 10.2 Å². The van der Waals surface area contributed by atoms with Crippen molar-refractivity contribution in [1.29, 1.82) is 0 Å². The van der Waals surface area contributed by atoms with Crippen molar-refractivity contribution in [3.8, 4) is 0 Å². The number of piperazine rings is 1. The van der Waals surface area contributed by atoms with Gasteiger partial charge in [-0.1, -0.05) is 17.7 Å². The maximum Gasteiger partial charge on any atom is 0.208 e. The Bertz CT molecular complexity index is 1070. The summed E-state index contributed by atoms with van der Waals surface area (Å²) in [5.41, 5.74) is 1.94. The lowest BCUT2D eigenvalue weighted by Gasteiger charge is -2.29. The molecule has 136 valence electrons. The van der Waals surface area contributed by atoms with E-state index in [2.05, 4.69) is 16.3 Å². The van der Waals surface area contributed by atoms with Crippen molar-refractivity contribution in [3.63, 3.8) is 0 Å². The average molecular weight is 390 g/mol. The summed E-state index contributed by atoms with van der Waals surface area (Å²) >= 11 is 6.01. The molecule has 0 aliphatic carbocycles. The van der Waals surface area contributed by atoms with Crippen LogP contribution in [0.4, 0.5) is 5.69 Å². The van der Waals surface area contributed by atoms with Gasteiger partial charge < -0.3 is 14.8 Å². The minimum Gasteiger partial charge on any atom is -0.369 e. The van der Waals surface area contributed by atoms with E-state index in [0.717, 1.165) is 42.8 Å². The highest BCUT2D eigenvalue weighted by Crippen LogP contribution is 2.33. The van der Waals surface area contributed by atoms with Crippen LogP contribution in [0.2, 0.25) is 5.02 Å². The Labute approximate surface area is 158 Å². The third-order valence-corrected chi connectivity index (χ3v) is 6.83. The maximum absolute atomic E-state index is 13.2. The molecule has 1 aromatic heterocycles. The van der Waals surface area contributed by atoms with Crippen molar-refractivity contribution >= 4 is 38.0 Å². The fraction of sp³-hybridized carbons (Fsp3) is 0.263. The summed E-state index contributed by atoms with van der Waals surface area (Å²) in [5, 5.41) is 4.48. The molecule has 1 fully saturated rings. The molecule has 1 aliphatic heterocycles. The molecule has 1 saturated heterocycles. The van der Waals surface area contributed by atoms with Crippen LogP contribution in [0.15, 0.2) is 58.5 Å². The second-order valence-electron chi connectivity index (χ2n) is 6.50. The number of fused-ring (bicyclic) bond motifs is 1. The van der Waals surface area contributed by atoms with E-state index in [1.807, 2.05) is 23.7 Å². The van der Waals surface area contributed by atoms with E-state index >= 15 is 0 Å². The molecular weight excluding hydrogens is 370 g/mol. The molecule has 0 atom stereocenters. The normalized spacial score (nSPS) is 15.5. The first-order chi connectivity index (χ1) is 12.5. The first-order valence-electron chi connectivity index (χ1n) is 8.52. The van der Waals surface area contributed by atoms with Gasteiger partial charge in [0.15, 0.2) is 0 Å². The van der Waals surface area contributed by atoms with Crippen molar-refractivity contribution in [3.05, 3.63) is 53.7 Å². The molecule has 0 saturated carbocycles. The summed E-state index contributed by atoms with van der Waals surface area (Å²) in [4.78, 5) is 2.80. The smallest absolute Gasteiger partial charge is 0.208 e. The van der Waals surface area contributed by atoms with Crippen LogP contribution in [0.25, 0.3) is 10.9 Å². The average Bonchev–Trinajstić information content (AvgIpc) is 2.99. The van der Waals surface area contributed by atoms with Crippen LogP contribution in [-0.4, -0.2) is 39.2 Å². The highest BCUT2D eigenvalue weighted by molar-refractivity contribution is 7.91. The molecule has 5 nitrogen and oxygen atoms in total. The number of benzene rings is 2. The van der Waals surface area contributed by atoms with E-state index in [-0.39, 0.29) is 4.90 Å². The van der Waals surface area contributed by atoms with E-state index in [1.165, 1.54) is 6.07 Å². The van der Waals surface area contributed by atoms with Crippen molar-refractivity contribution in [1.82, 2.24) is 9.88 Å². The summed E-state index contributed by atoms with van der Waals surface area (Å²) < 4.78 is 28.3. The zero-order valence-electron chi connectivity index (χ0n) is 14.4. The number of rotatable bonds is 3. The standard InChI is InChI=1S/C19H20ClN3O2S/c1-22-13-19(26(24,25)16-4-2-3-14(20)11-16)17-12-15(5-6-18(17)22)23-9-7-21-8-10-23/h2-6,11-13,21H,7-10H2,1H3. The Kier molecular flexibility index (Phi) is 4.42. The summed E-state index contributed by atoms with van der Waals surface area (Å²) in [6, 6.07) is 12.4. The number of halogens is 1. The minimum atomic E-state index is -3.65. The number of hydrogen-bond donors (Lipinski definition) is 1. The van der Waals surface area contributed by atoms with Gasteiger partial charge in [0.25, 0.3) is 0 Å². The Morgan fingerprint density at radius 2 is 1.85 bits per heavy atom. The third-order valence-electron chi connectivity index (χ3n) is 4.81. The number of anilines is 1. The van der Waals surface area contributed by atoms with Crippen molar-refractivity contribution < 1.29 is 8.42 Å². The van der Waals surface area contributed by atoms with E-state index in [0.29, 0.717) is 9.92 Å². The Hall–Kier alpha value is -2.02. The summed E-state index contributed by atoms with van der Waals surface area (Å²) in [6.45, 7) is 3.68. The van der Waals surface area contributed by atoms with Crippen LogP contribution >= 0.6 is 11.6 Å². The second kappa shape index (κ2) is 6.61. The minimum absolute atomic E-state index is 0.213. The lowest BCUT2D eigenvalue weighted by atomic mass is 10.2. The van der Waals surface area contributed by atoms with Gasteiger partial charge in [-0.3, -0.25) is 0 Å². The topological polar surface area (TPSA) is 54.3 Å². The highest BCUT2D eigenvalue weighted by Gasteiger charge is 2.24. The molecule has 2 heterocycles. The number of nitrogens with one attached hydrogen (secondary N) is 1. The third kappa shape index (κ3) is 2.98. The molecule has 1 aliphatic rings. The lowest BCUT2D eigenvalue weighted by molar-refractivity contribution is 0.589. The van der Waals surface area contributed by atoms with Gasteiger partial charge in [0, 0.05) is 61.0 Å². The van der Waals surface area contributed by atoms with E-state index in [4.69, 9.17) is 11.6 Å². The first-order valence-corrected chi connectivity index (χ1v) is 10.4. The first kappa shape index (κ1) is 17.4. The number of nitrogens with zero attached hydrogens (tertiary/aromatic N) is 2. The van der Waals surface area contributed by atoms with E-state index < -0.39 is 9.84 Å². The maximum atomic E-state index is 13.2. The summed E-state index contributed by atoms with van der Waals surface area (Å²) in [6.07, 6.45) is 1.68. The van der Waals surface area contributed by atoms with Crippen molar-refractivity contribution in [2.75, 3.05) is 31.1 Å². The fourth-order valence-corrected chi connectivity index (χ4v) is 5.24. The molecule has 0 radical (unpaired) electrons. The molecule has 26 heavy (non-hydrogen) atoms. The van der Waals surface area contributed by atoms with Gasteiger partial charge in [-0.25, -0.2) is 8.42 Å². The lowest BCUT2D eigenvalue weighted by Crippen LogP contribution is -2.43. The quantitative estimate of drug-likeness (QED) is 0.748. The van der Waals surface area contributed by atoms with Crippen molar-refractivity contribution in [2.24, 2.45) is 7.05 Å². The van der Waals surface area contributed by atoms with Crippen LogP contribution in [0.1, 0.15) is 0 Å². The number of sulfone groups is 1. The number of hydrogen-bond acceptors (Lipinski definition) is 4. The van der Waals surface area contributed by atoms with Gasteiger partial charge in [-0.2, -0.15) is 0 Å². The summed E-state index contributed by atoms with van der Waals surface area (Å²) in [5.74, 6) is 0. The van der Waals surface area contributed by atoms with Crippen LogP contribution in [0.5, 0.6) is 0 Å².